The summed E-state index contributed by atoms with van der Waals surface area (Å²) in [7, 11) is 0. The Morgan fingerprint density at radius 1 is 0.824 bits per heavy atom. The summed E-state index contributed by atoms with van der Waals surface area (Å²) < 4.78 is 0. The average Bonchev–Trinajstić information content (AvgIpc) is 2.35. The van der Waals surface area contributed by atoms with E-state index in [1.165, 1.54) is 0 Å². The summed E-state index contributed by atoms with van der Waals surface area (Å²) in [5.41, 5.74) is 0. The van der Waals surface area contributed by atoms with Crippen LogP contribution in [-0.4, -0.2) is 57.6 Å². The maximum Gasteiger partial charge on any atom is 0.0542 e. The highest BCUT2D eigenvalue weighted by molar-refractivity contribution is 4.69. The molecule has 17 heavy (non-hydrogen) atoms. The molecule has 0 bridgehead atoms. The Morgan fingerprint density at radius 3 is 1.53 bits per heavy atom. The highest BCUT2D eigenvalue weighted by Crippen LogP contribution is 2.17. The second kappa shape index (κ2) is 10.9. The van der Waals surface area contributed by atoms with Crippen molar-refractivity contribution in [2.75, 3.05) is 19.8 Å². The molecule has 0 heterocycles. The molecule has 5 N–H and O–H groups in total. The Balaban J connectivity index is 0.000000302. The fourth-order valence-electron chi connectivity index (χ4n) is 1.68. The highest BCUT2D eigenvalue weighted by Gasteiger charge is 2.15. The Bertz CT molecular complexity index is 143. The Hall–Kier alpha value is -0.200. The van der Waals surface area contributed by atoms with Crippen molar-refractivity contribution in [1.29, 1.82) is 0 Å². The molecule has 5 nitrogen and oxygen atoms in total. The smallest absolute Gasteiger partial charge is 0.0542 e. The number of aliphatic hydroxyl groups is 5. The topological polar surface area (TPSA) is 101 Å². The molecule has 0 radical (unpaired) electrons. The molecule has 1 aliphatic carbocycles. The summed E-state index contributed by atoms with van der Waals surface area (Å²) >= 11 is 0. The first-order valence-electron chi connectivity index (χ1n) is 6.32. The minimum Gasteiger partial charge on any atom is -0.396 e. The van der Waals surface area contributed by atoms with Crippen LogP contribution in [0.25, 0.3) is 0 Å². The quantitative estimate of drug-likeness (QED) is 0.459. The molecule has 0 aromatic carbocycles. The molecule has 104 valence electrons. The summed E-state index contributed by atoms with van der Waals surface area (Å²) in [6, 6.07) is 0. The van der Waals surface area contributed by atoms with E-state index in [9.17, 15) is 0 Å². The average molecular weight is 250 g/mol. The van der Waals surface area contributed by atoms with Gasteiger partial charge in [-0.05, 0) is 38.5 Å². The van der Waals surface area contributed by atoms with Crippen LogP contribution in [0.15, 0.2) is 0 Å². The van der Waals surface area contributed by atoms with Gasteiger partial charge in [0.1, 0.15) is 0 Å². The predicted molar refractivity (Wildman–Crippen MR) is 64.5 cm³/mol. The molecule has 0 amide bonds. The second-order valence-corrected chi connectivity index (χ2v) is 4.56. The van der Waals surface area contributed by atoms with E-state index in [4.69, 9.17) is 25.5 Å². The molecule has 0 spiro atoms. The van der Waals surface area contributed by atoms with Gasteiger partial charge in [0, 0.05) is 25.7 Å². The van der Waals surface area contributed by atoms with Crippen LogP contribution >= 0.6 is 0 Å². The molecule has 0 aromatic heterocycles. The summed E-state index contributed by atoms with van der Waals surface area (Å²) in [4.78, 5) is 0. The van der Waals surface area contributed by atoms with Crippen molar-refractivity contribution in [2.45, 2.75) is 50.7 Å². The summed E-state index contributed by atoms with van der Waals surface area (Å²) in [6.45, 7) is 0.156. The molecular formula is C12H26O5. The second-order valence-electron chi connectivity index (χ2n) is 4.56. The highest BCUT2D eigenvalue weighted by atomic mass is 16.3. The van der Waals surface area contributed by atoms with Gasteiger partial charge in [-0.15, -0.1) is 0 Å². The van der Waals surface area contributed by atoms with Crippen molar-refractivity contribution in [3.8, 4) is 0 Å². The first-order chi connectivity index (χ1) is 8.13. The van der Waals surface area contributed by atoms with E-state index in [1.54, 1.807) is 0 Å². The number of aliphatic hydroxyl groups excluding tert-OH is 5. The largest absolute Gasteiger partial charge is 0.396 e. The molecule has 0 unspecified atom stereocenters. The van der Waals surface area contributed by atoms with Crippen LogP contribution in [0.3, 0.4) is 0 Å². The van der Waals surface area contributed by atoms with Crippen LogP contribution < -0.4 is 0 Å². The van der Waals surface area contributed by atoms with Crippen molar-refractivity contribution in [3.05, 3.63) is 0 Å². The van der Waals surface area contributed by atoms with Crippen LogP contribution in [0.2, 0.25) is 0 Å². The SMILES string of the molecule is OC1CCC(O)CC1.OCCCC(CO)CO. The summed E-state index contributed by atoms with van der Waals surface area (Å²) in [5.74, 6) is -0.0443. The lowest BCUT2D eigenvalue weighted by molar-refractivity contribution is 0.0541. The maximum atomic E-state index is 8.92. The van der Waals surface area contributed by atoms with Gasteiger partial charge in [0.15, 0.2) is 0 Å². The van der Waals surface area contributed by atoms with E-state index >= 15 is 0 Å². The normalized spacial score (nSPS) is 24.4. The van der Waals surface area contributed by atoms with E-state index in [0.717, 1.165) is 25.7 Å². The van der Waals surface area contributed by atoms with Crippen LogP contribution in [0, 0.1) is 5.92 Å². The van der Waals surface area contributed by atoms with Gasteiger partial charge in [0.05, 0.1) is 12.2 Å². The van der Waals surface area contributed by atoms with Gasteiger partial charge in [0.25, 0.3) is 0 Å². The molecule has 1 rings (SSSR count). The Morgan fingerprint density at radius 2 is 1.24 bits per heavy atom. The molecule has 1 fully saturated rings. The van der Waals surface area contributed by atoms with E-state index in [0.29, 0.717) is 12.8 Å². The van der Waals surface area contributed by atoms with Gasteiger partial charge < -0.3 is 25.5 Å². The molecule has 1 aliphatic rings. The first-order valence-corrected chi connectivity index (χ1v) is 6.32. The van der Waals surface area contributed by atoms with Gasteiger partial charge in [-0.25, -0.2) is 0 Å². The molecule has 0 aliphatic heterocycles. The molecule has 0 aromatic rings. The molecule has 0 atom stereocenters. The van der Waals surface area contributed by atoms with E-state index in [2.05, 4.69) is 0 Å². The first kappa shape index (κ1) is 16.8. The Kier molecular flexibility index (Phi) is 10.8. The van der Waals surface area contributed by atoms with Crippen molar-refractivity contribution < 1.29 is 25.5 Å². The van der Waals surface area contributed by atoms with Gasteiger partial charge in [-0.3, -0.25) is 0 Å². The standard InChI is InChI=1S/C6H14O3.C6H12O2/c7-3-1-2-6(4-8)5-9;7-5-1-2-6(8)4-3-5/h6-9H,1-5H2;5-8H,1-4H2. The van der Waals surface area contributed by atoms with Crippen molar-refractivity contribution in [1.82, 2.24) is 0 Å². The lowest BCUT2D eigenvalue weighted by atomic mass is 9.95. The van der Waals surface area contributed by atoms with E-state index in [1.807, 2.05) is 0 Å². The fourth-order valence-corrected chi connectivity index (χ4v) is 1.68. The molecule has 1 saturated carbocycles. The third kappa shape index (κ3) is 9.50. The van der Waals surface area contributed by atoms with Gasteiger partial charge in [0.2, 0.25) is 0 Å². The third-order valence-electron chi connectivity index (χ3n) is 2.95. The summed E-state index contributed by atoms with van der Waals surface area (Å²) in [6.07, 6.45) is 4.19. The van der Waals surface area contributed by atoms with E-state index < -0.39 is 0 Å². The fraction of sp³-hybridized carbons (Fsp3) is 1.00. The minimum atomic E-state index is -0.140. The van der Waals surface area contributed by atoms with E-state index in [-0.39, 0.29) is 37.9 Å². The zero-order chi connectivity index (χ0) is 13.1. The number of rotatable bonds is 5. The van der Waals surface area contributed by atoms with Crippen LogP contribution in [0.1, 0.15) is 38.5 Å². The van der Waals surface area contributed by atoms with Gasteiger partial charge in [-0.1, -0.05) is 0 Å². The van der Waals surface area contributed by atoms with Gasteiger partial charge in [-0.2, -0.15) is 0 Å². The number of hydrogen-bond acceptors (Lipinski definition) is 5. The zero-order valence-electron chi connectivity index (χ0n) is 10.3. The van der Waals surface area contributed by atoms with Crippen LogP contribution in [0.4, 0.5) is 0 Å². The monoisotopic (exact) mass is 250 g/mol. The van der Waals surface area contributed by atoms with Crippen molar-refractivity contribution in [2.24, 2.45) is 5.92 Å². The van der Waals surface area contributed by atoms with Crippen molar-refractivity contribution >= 4 is 0 Å². The summed E-state index contributed by atoms with van der Waals surface area (Å²) in [5, 5.41) is 43.2. The predicted octanol–water partition coefficient (Wildman–Crippen LogP) is -0.358. The maximum absolute atomic E-state index is 8.92. The van der Waals surface area contributed by atoms with Gasteiger partial charge >= 0.3 is 0 Å². The lowest BCUT2D eigenvalue weighted by Gasteiger charge is -2.20. The Labute approximate surface area is 103 Å². The molecule has 0 saturated heterocycles. The zero-order valence-corrected chi connectivity index (χ0v) is 10.3. The molecule has 5 heteroatoms. The lowest BCUT2D eigenvalue weighted by Crippen LogP contribution is -2.21. The van der Waals surface area contributed by atoms with Crippen LogP contribution in [0.5, 0.6) is 0 Å². The minimum absolute atomic E-state index is 0.0104. The molecular weight excluding hydrogens is 224 g/mol. The number of hydrogen-bond donors (Lipinski definition) is 5. The van der Waals surface area contributed by atoms with Crippen LogP contribution in [-0.2, 0) is 0 Å². The van der Waals surface area contributed by atoms with Crippen molar-refractivity contribution in [3.63, 3.8) is 0 Å². The third-order valence-corrected chi connectivity index (χ3v) is 2.95.